The Labute approximate surface area is 158 Å². The number of ether oxygens (including phenoxy) is 2. The van der Waals surface area contributed by atoms with Crippen molar-refractivity contribution in [2.45, 2.75) is 6.54 Å². The Bertz CT molecular complexity index is 915. The summed E-state index contributed by atoms with van der Waals surface area (Å²) < 4.78 is 11.3. The summed E-state index contributed by atoms with van der Waals surface area (Å²) in [5, 5.41) is 14.3. The molecule has 0 saturated heterocycles. The number of nitrogens with zero attached hydrogens (tertiary/aromatic N) is 2. The highest BCUT2D eigenvalue weighted by molar-refractivity contribution is 7.15. The van der Waals surface area contributed by atoms with Gasteiger partial charge in [0.05, 0.1) is 24.6 Å². The number of hydrogen-bond acceptors (Lipinski definition) is 7. The Balaban J connectivity index is 1.79. The van der Waals surface area contributed by atoms with E-state index in [1.54, 1.807) is 43.6 Å². The lowest BCUT2D eigenvalue weighted by Gasteiger charge is -2.10. The normalized spacial score (nSPS) is 10.4. The number of rotatable bonds is 7. The zero-order chi connectivity index (χ0) is 18.5. The van der Waals surface area contributed by atoms with Crippen LogP contribution in [-0.4, -0.2) is 17.0 Å². The number of nitrogens with one attached hydrogen (secondary N) is 1. The maximum absolute atomic E-state index is 11.2. The lowest BCUT2D eigenvalue weighted by molar-refractivity contribution is -0.384. The summed E-state index contributed by atoms with van der Waals surface area (Å²) in [5.41, 5.74) is 0.494. The second-order valence-corrected chi connectivity index (χ2v) is 6.88. The van der Waals surface area contributed by atoms with Crippen LogP contribution in [-0.2, 0) is 6.54 Å². The van der Waals surface area contributed by atoms with Crippen molar-refractivity contribution in [3.8, 4) is 17.2 Å². The summed E-state index contributed by atoms with van der Waals surface area (Å²) in [5.74, 6) is 1.60. The Hall–Kier alpha value is -2.84. The zero-order valence-corrected chi connectivity index (χ0v) is 15.2. The first kappa shape index (κ1) is 18.0. The van der Waals surface area contributed by atoms with Crippen LogP contribution >= 0.6 is 22.9 Å². The maximum Gasteiger partial charge on any atom is 0.275 e. The summed E-state index contributed by atoms with van der Waals surface area (Å²) in [6, 6.07) is 11.5. The minimum absolute atomic E-state index is 0.0687. The van der Waals surface area contributed by atoms with Gasteiger partial charge < -0.3 is 14.8 Å². The topological polar surface area (TPSA) is 86.5 Å². The minimum Gasteiger partial charge on any atom is -0.497 e. The number of aromatic nitrogens is 1. The van der Waals surface area contributed by atoms with Crippen molar-refractivity contribution in [2.75, 3.05) is 12.4 Å². The van der Waals surface area contributed by atoms with Crippen LogP contribution in [0, 0.1) is 10.1 Å². The van der Waals surface area contributed by atoms with Crippen molar-refractivity contribution in [3.63, 3.8) is 0 Å². The molecule has 0 bridgehead atoms. The molecular formula is C17H14ClN3O4S. The van der Waals surface area contributed by atoms with Gasteiger partial charge in [-0.3, -0.25) is 10.1 Å². The summed E-state index contributed by atoms with van der Waals surface area (Å²) in [6.07, 6.45) is 1.66. The van der Waals surface area contributed by atoms with Crippen LogP contribution in [0.2, 0.25) is 4.47 Å². The van der Waals surface area contributed by atoms with Crippen molar-refractivity contribution in [1.29, 1.82) is 0 Å². The van der Waals surface area contributed by atoms with Gasteiger partial charge in [-0.15, -0.1) is 11.3 Å². The van der Waals surface area contributed by atoms with Crippen LogP contribution in [0.3, 0.4) is 0 Å². The van der Waals surface area contributed by atoms with E-state index in [2.05, 4.69) is 10.3 Å². The molecule has 1 N–H and O–H groups in total. The number of anilines is 1. The number of halogens is 1. The van der Waals surface area contributed by atoms with Crippen molar-refractivity contribution in [2.24, 2.45) is 0 Å². The van der Waals surface area contributed by atoms with Crippen LogP contribution in [0.1, 0.15) is 4.88 Å². The number of hydrogen-bond donors (Lipinski definition) is 1. The molecule has 9 heteroatoms. The van der Waals surface area contributed by atoms with Gasteiger partial charge in [-0.25, -0.2) is 4.98 Å². The largest absolute Gasteiger partial charge is 0.497 e. The third kappa shape index (κ3) is 4.62. The molecule has 0 radical (unpaired) electrons. The molecule has 3 rings (SSSR count). The molecule has 0 spiro atoms. The average Bonchev–Trinajstić information content (AvgIpc) is 3.06. The fourth-order valence-corrected chi connectivity index (χ4v) is 3.10. The molecule has 134 valence electrons. The molecule has 0 aliphatic carbocycles. The molecule has 0 aliphatic heterocycles. The van der Waals surface area contributed by atoms with E-state index in [-0.39, 0.29) is 5.69 Å². The fourth-order valence-electron chi connectivity index (χ4n) is 2.18. The van der Waals surface area contributed by atoms with Gasteiger partial charge in [-0.2, -0.15) is 0 Å². The molecule has 0 aliphatic rings. The third-order valence-corrected chi connectivity index (χ3v) is 4.50. The van der Waals surface area contributed by atoms with Crippen LogP contribution in [0.15, 0.2) is 48.7 Å². The second kappa shape index (κ2) is 8.03. The quantitative estimate of drug-likeness (QED) is 0.444. The van der Waals surface area contributed by atoms with Crippen LogP contribution in [0.4, 0.5) is 11.4 Å². The molecule has 1 aromatic heterocycles. The maximum atomic E-state index is 11.2. The van der Waals surface area contributed by atoms with Crippen molar-refractivity contribution >= 4 is 34.3 Å². The predicted molar refractivity (Wildman–Crippen MR) is 101 cm³/mol. The van der Waals surface area contributed by atoms with Gasteiger partial charge in [0.25, 0.3) is 5.69 Å². The first-order valence-corrected chi connectivity index (χ1v) is 8.68. The molecule has 26 heavy (non-hydrogen) atoms. The molecule has 7 nitrogen and oxygen atoms in total. The molecule has 3 aromatic rings. The smallest absolute Gasteiger partial charge is 0.275 e. The standard InChI is InChI=1S/C17H14ClN3O4S/c1-24-13-2-4-14(5-3-13)25-15-7-11(6-12(8-15)21(22)23)19-9-16-10-20-17(18)26-16/h2-8,10,19H,9H2,1H3. The van der Waals surface area contributed by atoms with Crippen LogP contribution in [0.5, 0.6) is 17.2 Å². The molecular weight excluding hydrogens is 378 g/mol. The molecule has 0 fully saturated rings. The Morgan fingerprint density at radius 2 is 1.92 bits per heavy atom. The summed E-state index contributed by atoms with van der Waals surface area (Å²) in [4.78, 5) is 15.6. The van der Waals surface area contributed by atoms with E-state index in [1.165, 1.54) is 23.5 Å². The zero-order valence-electron chi connectivity index (χ0n) is 13.6. The summed E-state index contributed by atoms with van der Waals surface area (Å²) in [7, 11) is 1.57. The van der Waals surface area contributed by atoms with E-state index in [0.717, 1.165) is 4.88 Å². The summed E-state index contributed by atoms with van der Waals surface area (Å²) in [6.45, 7) is 0.452. The van der Waals surface area contributed by atoms with Crippen LogP contribution < -0.4 is 14.8 Å². The number of methoxy groups -OCH3 is 1. The van der Waals surface area contributed by atoms with Crippen molar-refractivity contribution in [1.82, 2.24) is 4.98 Å². The summed E-state index contributed by atoms with van der Waals surface area (Å²) >= 11 is 7.15. The van der Waals surface area contributed by atoms with Gasteiger partial charge in [0.15, 0.2) is 4.47 Å². The fraction of sp³-hybridized carbons (Fsp3) is 0.118. The van der Waals surface area contributed by atoms with E-state index < -0.39 is 4.92 Å². The number of nitro benzene ring substituents is 1. The third-order valence-electron chi connectivity index (χ3n) is 3.39. The first-order chi connectivity index (χ1) is 12.5. The molecule has 1 heterocycles. The van der Waals surface area contributed by atoms with Gasteiger partial charge in [0, 0.05) is 28.9 Å². The molecule has 0 amide bonds. The number of benzene rings is 2. The second-order valence-electron chi connectivity index (χ2n) is 5.18. The van der Waals surface area contributed by atoms with E-state index in [9.17, 15) is 10.1 Å². The van der Waals surface area contributed by atoms with Gasteiger partial charge >= 0.3 is 0 Å². The highest BCUT2D eigenvalue weighted by Gasteiger charge is 2.12. The molecule has 0 atom stereocenters. The SMILES string of the molecule is COc1ccc(Oc2cc(NCc3cnc(Cl)s3)cc([N+](=O)[O-])c2)cc1. The van der Waals surface area contributed by atoms with Gasteiger partial charge in [-0.05, 0) is 24.3 Å². The van der Waals surface area contributed by atoms with Crippen molar-refractivity contribution in [3.05, 3.63) is 68.1 Å². The van der Waals surface area contributed by atoms with E-state index in [4.69, 9.17) is 21.1 Å². The van der Waals surface area contributed by atoms with E-state index in [1.807, 2.05) is 0 Å². The minimum atomic E-state index is -0.463. The Morgan fingerprint density at radius 3 is 2.54 bits per heavy atom. The molecule has 0 saturated carbocycles. The molecule has 0 unspecified atom stereocenters. The number of nitro groups is 1. The van der Waals surface area contributed by atoms with E-state index >= 15 is 0 Å². The first-order valence-electron chi connectivity index (χ1n) is 7.49. The molecule has 2 aromatic carbocycles. The highest BCUT2D eigenvalue weighted by atomic mass is 35.5. The van der Waals surface area contributed by atoms with Gasteiger partial charge in [0.1, 0.15) is 17.2 Å². The van der Waals surface area contributed by atoms with Crippen LogP contribution in [0.25, 0.3) is 0 Å². The lowest BCUT2D eigenvalue weighted by Crippen LogP contribution is -1.99. The van der Waals surface area contributed by atoms with Gasteiger partial charge in [0.2, 0.25) is 0 Å². The van der Waals surface area contributed by atoms with Gasteiger partial charge in [-0.1, -0.05) is 11.6 Å². The number of non-ortho nitro benzene ring substituents is 1. The Morgan fingerprint density at radius 1 is 1.19 bits per heavy atom. The van der Waals surface area contributed by atoms with E-state index in [0.29, 0.717) is 33.9 Å². The predicted octanol–water partition coefficient (Wildman–Crippen LogP) is 5.12. The van der Waals surface area contributed by atoms with Crippen molar-refractivity contribution < 1.29 is 14.4 Å². The average molecular weight is 392 g/mol. The monoisotopic (exact) mass is 391 g/mol. The lowest BCUT2D eigenvalue weighted by atomic mass is 10.2. The Kier molecular flexibility index (Phi) is 5.55. The highest BCUT2D eigenvalue weighted by Crippen LogP contribution is 2.31. The number of thiazole rings is 1.